The number of aromatic amines is 1. The first-order chi connectivity index (χ1) is 47.9. The van der Waals surface area contributed by atoms with Crippen LogP contribution in [0.15, 0.2) is 67.2 Å². The highest BCUT2D eigenvalue weighted by Crippen LogP contribution is 2.55. The second-order valence-corrected chi connectivity index (χ2v) is 31.1. The Bertz CT molecular complexity index is 3440. The lowest BCUT2D eigenvalue weighted by Crippen LogP contribution is -2.61. The standard InChI is InChI=1S/C73H104N10O16S/c1-39(2)60(79-69(88)72(6,7)24-26-83-37-53(80-81-83)44-34-74-70(100)75-35-44)68(87)78-52(13-11-12-25-82(8)9)67(86)77-45-16-14-43(15-17-45)38-91-71(89)76-36-47(85)31-58-61(90-10)51-30-46(84)29-49-19-21-55-62(94-49)66-65-64(96-55)63-59(97-65)33-73(98-63,99-66)23-22-50-28-41(4)54(92-50)20-18-48-27-40(3)42(5)56(93-48)32-57(51)95-58/h14-17,34-35,37,39-40,47-52,54-66,85H,4-5,11-13,18-33,36,38H2,1-3,6-10H3,(H,76,89)(H,77,86)(H,78,87)(H,79,88)(H,74,75,100)/t40-,47+,48+,49-,50+,51+,52+,54?,55+,56-,57+,58-,59?,60+,61-,62+,63+,64+,65-,66+,73+/m1/s1. The molecule has 100 heavy (non-hydrogen) atoms. The Morgan fingerprint density at radius 2 is 1.61 bits per heavy atom. The van der Waals surface area contributed by atoms with E-state index in [1.54, 1.807) is 68.5 Å². The highest BCUT2D eigenvalue weighted by Gasteiger charge is 2.69. The minimum Gasteiger partial charge on any atom is -0.445 e. The lowest BCUT2D eigenvalue weighted by atomic mass is 9.81. The van der Waals surface area contributed by atoms with E-state index in [1.165, 1.54) is 0 Å². The van der Waals surface area contributed by atoms with Crippen molar-refractivity contribution >= 4 is 47.5 Å². The molecule has 12 bridgehead atoms. The van der Waals surface area contributed by atoms with Crippen LogP contribution in [0.25, 0.3) is 11.3 Å². The molecule has 3 aromatic rings. The average molecular weight is 1410 g/mol. The number of ether oxygens (including phenoxy) is 10. The fraction of sp³-hybridized carbons (Fsp3) is 0.712. The highest BCUT2D eigenvalue weighted by atomic mass is 32.1. The predicted molar refractivity (Wildman–Crippen MR) is 368 cm³/mol. The smallest absolute Gasteiger partial charge is 0.407 e. The molecule has 10 aliphatic heterocycles. The van der Waals surface area contributed by atoms with Crippen molar-refractivity contribution in [2.75, 3.05) is 39.6 Å². The molecule has 0 saturated carbocycles. The minimum atomic E-state index is -1.08. The SMILES string of the molecule is C=C1C[C@@H]2CC[C@@]34CC5O[C@H]6[C@@H](O3)[C@H]3O[C@H](CC[C@@H]3O[C@H]6[C@H]5O4)CC(=O)C[C@@H]3[C@@H](OC)[C@@H](C[C@H](O)CNC(=O)OCc4ccc(NC(=O)[C@H](CCCCN(C)C)NC(=O)[C@@H](NC(=O)C(C)(C)CCn5cc(-c6cnc(=S)[nH]c6)nn5)C(C)C)cc4)O[C@H]3C[C@H]3O[C@@H](CCC1O2)C[C@@H](C)C3=C. The maximum Gasteiger partial charge on any atom is 0.407 e. The lowest BCUT2D eigenvalue weighted by Gasteiger charge is -2.47. The molecule has 27 heteroatoms. The third-order valence-electron chi connectivity index (χ3n) is 22.1. The summed E-state index contributed by atoms with van der Waals surface area (Å²) in [7, 11) is 5.55. The first-order valence-corrected chi connectivity index (χ1v) is 36.7. The second kappa shape index (κ2) is 32.0. The van der Waals surface area contributed by atoms with Crippen molar-refractivity contribution < 1.29 is 76.4 Å². The topological polar surface area (TPSA) is 309 Å². The number of anilines is 1. The number of unbranched alkanes of at least 4 members (excludes halogenated alkanes) is 1. The van der Waals surface area contributed by atoms with Gasteiger partial charge in [-0.3, -0.25) is 23.9 Å². The summed E-state index contributed by atoms with van der Waals surface area (Å²) in [4.78, 5) is 79.0. The molecule has 2 unspecified atom stereocenters. The van der Waals surface area contributed by atoms with Gasteiger partial charge in [-0.05, 0) is 144 Å². The molecule has 13 rings (SSSR count). The lowest BCUT2D eigenvalue weighted by molar-refractivity contribution is -0.292. The van der Waals surface area contributed by atoms with Gasteiger partial charge in [0.25, 0.3) is 0 Å². The number of aryl methyl sites for hydroxylation is 1. The van der Waals surface area contributed by atoms with Crippen LogP contribution in [0.4, 0.5) is 10.5 Å². The second-order valence-electron chi connectivity index (χ2n) is 30.7. The molecule has 2 aromatic heterocycles. The Hall–Kier alpha value is -5.95. The van der Waals surface area contributed by atoms with E-state index in [4.69, 9.17) is 59.6 Å². The van der Waals surface area contributed by atoms with Crippen molar-refractivity contribution in [2.45, 2.75) is 272 Å². The van der Waals surface area contributed by atoms with Gasteiger partial charge in [0.2, 0.25) is 17.7 Å². The summed E-state index contributed by atoms with van der Waals surface area (Å²) in [6, 6.07) is 4.93. The van der Waals surface area contributed by atoms with Crippen molar-refractivity contribution in [3.8, 4) is 11.3 Å². The van der Waals surface area contributed by atoms with Gasteiger partial charge in [0.1, 0.15) is 60.7 Å². The Balaban J connectivity index is 0.638. The first-order valence-electron chi connectivity index (χ1n) is 36.3. The number of rotatable bonds is 23. The zero-order valence-corrected chi connectivity index (χ0v) is 60.0. The number of benzene rings is 1. The van der Waals surface area contributed by atoms with Crippen molar-refractivity contribution in [3.05, 3.63) is 77.5 Å². The van der Waals surface area contributed by atoms with Crippen molar-refractivity contribution in [1.82, 2.24) is 45.8 Å². The summed E-state index contributed by atoms with van der Waals surface area (Å²) < 4.78 is 68.6. The van der Waals surface area contributed by atoms with Gasteiger partial charge in [-0.2, -0.15) is 0 Å². The number of H-pyrrole nitrogens is 1. The number of carbonyl (C=O) groups is 5. The predicted octanol–water partition coefficient (Wildman–Crippen LogP) is 7.53. The third-order valence-corrected chi connectivity index (χ3v) is 22.3. The molecule has 1 aromatic carbocycles. The largest absolute Gasteiger partial charge is 0.445 e. The number of Topliss-reactive ketones (excluding diaryl/α,β-unsaturated/α-hetero) is 1. The summed E-state index contributed by atoms with van der Waals surface area (Å²) in [5.74, 6) is -2.62. The molecule has 26 nitrogen and oxygen atoms in total. The normalized spacial score (nSPS) is 33.5. The van der Waals surface area contributed by atoms with E-state index in [9.17, 15) is 29.1 Å². The molecule has 10 fully saturated rings. The number of carbonyl (C=O) groups excluding carboxylic acids is 5. The molecule has 548 valence electrons. The Morgan fingerprint density at radius 3 is 2.37 bits per heavy atom. The van der Waals surface area contributed by atoms with Crippen molar-refractivity contribution in [1.29, 1.82) is 0 Å². The molecular formula is C73H104N10O16S. The molecule has 1 spiro atoms. The maximum absolute atomic E-state index is 14.6. The number of fused-ring (bicyclic) bond motifs is 6. The van der Waals surface area contributed by atoms with E-state index in [0.717, 1.165) is 56.2 Å². The Labute approximate surface area is 591 Å². The van der Waals surface area contributed by atoms with E-state index < -0.39 is 83.7 Å². The molecule has 0 radical (unpaired) electrons. The molecule has 12 heterocycles. The number of hydrogen-bond donors (Lipinski definition) is 6. The number of methoxy groups -OCH3 is 1. The molecule has 4 amide bonds. The number of nitrogens with zero attached hydrogens (tertiary/aromatic N) is 5. The summed E-state index contributed by atoms with van der Waals surface area (Å²) in [5.41, 5.74) is 3.55. The van der Waals surface area contributed by atoms with Crippen LogP contribution in [0, 0.1) is 27.9 Å². The first kappa shape index (κ1) is 73.8. The fourth-order valence-corrected chi connectivity index (χ4v) is 16.4. The van der Waals surface area contributed by atoms with Crippen LogP contribution in [-0.4, -0.2) is 214 Å². The number of alkyl carbamates (subject to hydrolysis) is 1. The van der Waals surface area contributed by atoms with Crippen LogP contribution < -0.4 is 21.3 Å². The van der Waals surface area contributed by atoms with Gasteiger partial charge in [0.05, 0.1) is 73.3 Å². The van der Waals surface area contributed by atoms with E-state index >= 15 is 0 Å². The van der Waals surface area contributed by atoms with Crippen LogP contribution in [0.1, 0.15) is 149 Å². The van der Waals surface area contributed by atoms with Gasteiger partial charge in [0.15, 0.2) is 10.6 Å². The van der Waals surface area contributed by atoms with Crippen LogP contribution >= 0.6 is 12.2 Å². The average Bonchev–Trinajstić information content (AvgIpc) is 1.55. The van der Waals surface area contributed by atoms with Crippen molar-refractivity contribution in [3.63, 3.8) is 0 Å². The number of ketones is 1. The third kappa shape index (κ3) is 17.5. The van der Waals surface area contributed by atoms with Gasteiger partial charge >= 0.3 is 6.09 Å². The van der Waals surface area contributed by atoms with Gasteiger partial charge < -0.3 is 83.6 Å². The zero-order chi connectivity index (χ0) is 70.7. The number of nitrogens with one attached hydrogen (secondary N) is 5. The van der Waals surface area contributed by atoms with Crippen LogP contribution in [0.3, 0.4) is 0 Å². The van der Waals surface area contributed by atoms with Gasteiger partial charge in [0, 0.05) is 93.7 Å². The molecule has 6 N–H and O–H groups in total. The van der Waals surface area contributed by atoms with Crippen LogP contribution in [-0.2, 0) is 79.7 Å². The molecule has 21 atom stereocenters. The highest BCUT2D eigenvalue weighted by molar-refractivity contribution is 7.71. The Kier molecular flexibility index (Phi) is 23.6. The van der Waals surface area contributed by atoms with Crippen molar-refractivity contribution in [2.24, 2.45) is 23.2 Å². The molecule has 10 saturated heterocycles. The van der Waals surface area contributed by atoms with Gasteiger partial charge in [-0.1, -0.05) is 65.1 Å². The summed E-state index contributed by atoms with van der Waals surface area (Å²) in [6.07, 6.45) is 8.12. The van der Waals surface area contributed by atoms with E-state index in [2.05, 4.69) is 66.5 Å². The van der Waals surface area contributed by atoms with Gasteiger partial charge in [-0.15, -0.1) is 5.10 Å². The summed E-state index contributed by atoms with van der Waals surface area (Å²) >= 11 is 5.05. The number of aliphatic hydroxyl groups is 1. The monoisotopic (exact) mass is 1410 g/mol. The quantitative estimate of drug-likeness (QED) is 0.0303. The molecule has 0 aliphatic carbocycles. The zero-order valence-electron chi connectivity index (χ0n) is 59.1. The summed E-state index contributed by atoms with van der Waals surface area (Å²) in [6.45, 7) is 19.4. The number of aliphatic hydroxyl groups excluding tert-OH is 1. The maximum atomic E-state index is 14.6. The van der Waals surface area contributed by atoms with E-state index in [-0.39, 0.29) is 117 Å². The molecular weight excluding hydrogens is 1300 g/mol. The van der Waals surface area contributed by atoms with Gasteiger partial charge in [-0.25, -0.2) is 9.78 Å². The Morgan fingerprint density at radius 1 is 0.860 bits per heavy atom. The van der Waals surface area contributed by atoms with E-state index in [1.807, 2.05) is 27.9 Å². The minimum absolute atomic E-state index is 0.0100. The van der Waals surface area contributed by atoms with E-state index in [0.29, 0.717) is 85.2 Å². The van der Waals surface area contributed by atoms with Crippen LogP contribution in [0.2, 0.25) is 0 Å². The number of hydrogen-bond acceptors (Lipinski definition) is 21. The number of aromatic nitrogens is 5. The molecule has 10 aliphatic rings. The summed E-state index contributed by atoms with van der Waals surface area (Å²) in [5, 5.41) is 31.6. The van der Waals surface area contributed by atoms with Crippen LogP contribution in [0.5, 0.6) is 0 Å². The fourth-order valence-electron chi connectivity index (χ4n) is 16.3. The number of amides is 4.